The molecule has 148 valence electrons. The molecule has 0 saturated carbocycles. The zero-order valence-electron chi connectivity index (χ0n) is 17.0. The van der Waals surface area contributed by atoms with Crippen LogP contribution in [0.2, 0.25) is 0 Å². The largest absolute Gasteiger partial charge is 0.463 e. The van der Waals surface area contributed by atoms with Crippen LogP contribution < -0.4 is 10.6 Å². The van der Waals surface area contributed by atoms with Gasteiger partial charge in [-0.15, -0.1) is 0 Å². The number of rotatable bonds is 8. The number of hydrogen-bond donors (Lipinski definition) is 3. The maximum absolute atomic E-state index is 10.7. The van der Waals surface area contributed by atoms with Crippen molar-refractivity contribution in [2.24, 2.45) is 10.9 Å². The van der Waals surface area contributed by atoms with Crippen LogP contribution in [0.25, 0.3) is 0 Å². The molecule has 2 heterocycles. The Kier molecular flexibility index (Phi) is 7.42. The van der Waals surface area contributed by atoms with Gasteiger partial charge in [-0.2, -0.15) is 0 Å². The first-order chi connectivity index (χ1) is 12.8. The molecule has 2 atom stereocenters. The van der Waals surface area contributed by atoms with Gasteiger partial charge in [-0.25, -0.2) is 4.99 Å². The second kappa shape index (κ2) is 9.55. The molecule has 0 aromatic carbocycles. The lowest BCUT2D eigenvalue weighted by atomic mass is 9.89. The maximum Gasteiger partial charge on any atom is 0.191 e. The van der Waals surface area contributed by atoms with Crippen molar-refractivity contribution in [1.29, 1.82) is 0 Å². The number of hydrogen-bond acceptors (Lipinski definition) is 4. The summed E-state index contributed by atoms with van der Waals surface area (Å²) in [4.78, 5) is 8.80. The van der Waals surface area contributed by atoms with E-state index in [0.29, 0.717) is 23.6 Å². The molecule has 6 heteroatoms. The van der Waals surface area contributed by atoms with E-state index in [2.05, 4.69) is 40.5 Å². The van der Waals surface area contributed by atoms with E-state index in [4.69, 9.17) is 4.42 Å². The quantitative estimate of drug-likeness (QED) is 0.490. The Balaban J connectivity index is 2.06. The molecule has 2 unspecified atom stereocenters. The van der Waals surface area contributed by atoms with Gasteiger partial charge in [-0.3, -0.25) is 4.98 Å². The Bertz CT molecular complexity index is 723. The fraction of sp³-hybridized carbons (Fsp3) is 0.524. The summed E-state index contributed by atoms with van der Waals surface area (Å²) in [6.45, 7) is 11.7. The van der Waals surface area contributed by atoms with Gasteiger partial charge in [0, 0.05) is 31.4 Å². The Labute approximate surface area is 162 Å². The summed E-state index contributed by atoms with van der Waals surface area (Å²) >= 11 is 0. The Morgan fingerprint density at radius 2 is 2.07 bits per heavy atom. The van der Waals surface area contributed by atoms with Gasteiger partial charge < -0.3 is 20.2 Å². The van der Waals surface area contributed by atoms with Crippen molar-refractivity contribution in [3.8, 4) is 0 Å². The standard InChI is InChI=1S/C21H32N4O2/c1-6-23-20(25-14-21(5,26)19-10-9-16(4)27-19)24-13-18(15(2)3)17-8-7-11-22-12-17/h7-12,15,18,26H,6,13-14H2,1-5H3,(H2,23,24,25). The summed E-state index contributed by atoms with van der Waals surface area (Å²) in [6, 6.07) is 7.71. The lowest BCUT2D eigenvalue weighted by molar-refractivity contribution is 0.0428. The summed E-state index contributed by atoms with van der Waals surface area (Å²) in [5.41, 5.74) is 0.0473. The van der Waals surface area contributed by atoms with Crippen molar-refractivity contribution >= 4 is 5.96 Å². The first-order valence-corrected chi connectivity index (χ1v) is 9.55. The molecule has 0 aliphatic heterocycles. The highest BCUT2D eigenvalue weighted by atomic mass is 16.4. The average Bonchev–Trinajstić information content (AvgIpc) is 3.08. The normalized spacial score (nSPS) is 15.4. The van der Waals surface area contributed by atoms with Gasteiger partial charge in [-0.05, 0) is 50.5 Å². The van der Waals surface area contributed by atoms with E-state index in [1.165, 1.54) is 5.56 Å². The van der Waals surface area contributed by atoms with Gasteiger partial charge in [-0.1, -0.05) is 19.9 Å². The van der Waals surface area contributed by atoms with Crippen LogP contribution in [-0.2, 0) is 5.60 Å². The van der Waals surface area contributed by atoms with Gasteiger partial charge in [0.05, 0.1) is 6.54 Å². The number of nitrogens with zero attached hydrogens (tertiary/aromatic N) is 2. The smallest absolute Gasteiger partial charge is 0.191 e. The number of aliphatic hydroxyl groups is 1. The SMILES string of the molecule is CCNC(=NCC(C)(O)c1ccc(C)o1)NCC(c1cccnc1)C(C)C. The minimum atomic E-state index is -1.16. The molecule has 0 fully saturated rings. The molecular weight excluding hydrogens is 340 g/mol. The molecular formula is C21H32N4O2. The van der Waals surface area contributed by atoms with E-state index < -0.39 is 5.60 Å². The molecule has 2 aromatic rings. The molecule has 0 amide bonds. The highest BCUT2D eigenvalue weighted by Crippen LogP contribution is 2.24. The lowest BCUT2D eigenvalue weighted by Crippen LogP contribution is -2.41. The van der Waals surface area contributed by atoms with Crippen LogP contribution in [0.3, 0.4) is 0 Å². The topological polar surface area (TPSA) is 82.7 Å². The third-order valence-electron chi connectivity index (χ3n) is 4.57. The van der Waals surface area contributed by atoms with E-state index in [-0.39, 0.29) is 6.54 Å². The van der Waals surface area contributed by atoms with Crippen molar-refractivity contribution in [2.45, 2.75) is 46.1 Å². The molecule has 3 N–H and O–H groups in total. The molecule has 0 saturated heterocycles. The van der Waals surface area contributed by atoms with Gasteiger partial charge in [0.25, 0.3) is 0 Å². The predicted molar refractivity (Wildman–Crippen MR) is 109 cm³/mol. The van der Waals surface area contributed by atoms with Crippen molar-refractivity contribution in [3.05, 3.63) is 53.7 Å². The molecule has 27 heavy (non-hydrogen) atoms. The monoisotopic (exact) mass is 372 g/mol. The molecule has 2 rings (SSSR count). The zero-order chi connectivity index (χ0) is 19.9. The molecule has 0 bridgehead atoms. The molecule has 2 aromatic heterocycles. The molecule has 0 aliphatic rings. The minimum absolute atomic E-state index is 0.203. The molecule has 0 spiro atoms. The lowest BCUT2D eigenvalue weighted by Gasteiger charge is -2.24. The van der Waals surface area contributed by atoms with E-state index in [9.17, 15) is 5.11 Å². The fourth-order valence-corrected chi connectivity index (χ4v) is 2.92. The Hall–Kier alpha value is -2.34. The summed E-state index contributed by atoms with van der Waals surface area (Å²) in [5.74, 6) is 2.75. The zero-order valence-corrected chi connectivity index (χ0v) is 17.0. The van der Waals surface area contributed by atoms with Crippen molar-refractivity contribution < 1.29 is 9.52 Å². The van der Waals surface area contributed by atoms with Gasteiger partial charge >= 0.3 is 0 Å². The van der Waals surface area contributed by atoms with Gasteiger partial charge in [0.1, 0.15) is 17.1 Å². The number of nitrogens with one attached hydrogen (secondary N) is 2. The number of furan rings is 1. The number of aromatic nitrogens is 1. The number of pyridine rings is 1. The fourth-order valence-electron chi connectivity index (χ4n) is 2.92. The van der Waals surface area contributed by atoms with E-state index in [0.717, 1.165) is 18.8 Å². The third-order valence-corrected chi connectivity index (χ3v) is 4.57. The average molecular weight is 373 g/mol. The van der Waals surface area contributed by atoms with E-state index in [1.54, 1.807) is 19.2 Å². The van der Waals surface area contributed by atoms with Crippen molar-refractivity contribution in [3.63, 3.8) is 0 Å². The summed E-state index contributed by atoms with van der Waals surface area (Å²) in [5, 5.41) is 17.3. The van der Waals surface area contributed by atoms with Crippen LogP contribution in [0.15, 0.2) is 46.1 Å². The first-order valence-electron chi connectivity index (χ1n) is 9.55. The third kappa shape index (κ3) is 6.10. The van der Waals surface area contributed by atoms with Crippen LogP contribution in [0.5, 0.6) is 0 Å². The number of aryl methyl sites for hydroxylation is 1. The van der Waals surface area contributed by atoms with Crippen LogP contribution >= 0.6 is 0 Å². The van der Waals surface area contributed by atoms with E-state index in [1.807, 2.05) is 32.2 Å². The van der Waals surface area contributed by atoms with Crippen LogP contribution in [0, 0.1) is 12.8 Å². The van der Waals surface area contributed by atoms with Crippen LogP contribution in [0.1, 0.15) is 50.7 Å². The summed E-state index contributed by atoms with van der Waals surface area (Å²) in [7, 11) is 0. The van der Waals surface area contributed by atoms with Crippen molar-refractivity contribution in [1.82, 2.24) is 15.6 Å². The van der Waals surface area contributed by atoms with Crippen LogP contribution in [-0.4, -0.2) is 35.7 Å². The minimum Gasteiger partial charge on any atom is -0.463 e. The number of aliphatic imine (C=N–C) groups is 1. The van der Waals surface area contributed by atoms with Gasteiger partial charge in [0.15, 0.2) is 5.96 Å². The summed E-state index contributed by atoms with van der Waals surface area (Å²) in [6.07, 6.45) is 3.71. The second-order valence-corrected chi connectivity index (χ2v) is 7.40. The van der Waals surface area contributed by atoms with Crippen molar-refractivity contribution in [2.75, 3.05) is 19.6 Å². The highest BCUT2D eigenvalue weighted by molar-refractivity contribution is 5.79. The Morgan fingerprint density at radius 3 is 2.63 bits per heavy atom. The second-order valence-electron chi connectivity index (χ2n) is 7.40. The van der Waals surface area contributed by atoms with Gasteiger partial charge in [0.2, 0.25) is 0 Å². The van der Waals surface area contributed by atoms with E-state index >= 15 is 0 Å². The predicted octanol–water partition coefficient (Wildman–Crippen LogP) is 3.19. The molecule has 0 aliphatic carbocycles. The maximum atomic E-state index is 10.7. The van der Waals surface area contributed by atoms with Crippen LogP contribution in [0.4, 0.5) is 0 Å². The highest BCUT2D eigenvalue weighted by Gasteiger charge is 2.27. The Morgan fingerprint density at radius 1 is 1.30 bits per heavy atom. The summed E-state index contributed by atoms with van der Waals surface area (Å²) < 4.78 is 5.56. The first kappa shape index (κ1) is 21.0. The number of guanidine groups is 1. The molecule has 0 radical (unpaired) electrons. The molecule has 6 nitrogen and oxygen atoms in total.